The molecule has 1 aliphatic rings. The van der Waals surface area contributed by atoms with Gasteiger partial charge in [0.15, 0.2) is 0 Å². The number of carbonyl (C=O) groups is 1. The summed E-state index contributed by atoms with van der Waals surface area (Å²) in [5, 5.41) is 7.53. The third-order valence-corrected chi connectivity index (χ3v) is 6.76. The molecule has 0 aliphatic carbocycles. The average molecular weight is 484 g/mol. The van der Waals surface area contributed by atoms with Gasteiger partial charge < -0.3 is 16.0 Å². The number of para-hydroxylation sites is 2. The van der Waals surface area contributed by atoms with Crippen LogP contribution in [0.25, 0.3) is 16.9 Å². The van der Waals surface area contributed by atoms with E-state index in [0.717, 1.165) is 41.0 Å². The highest BCUT2D eigenvalue weighted by molar-refractivity contribution is 5.88. The van der Waals surface area contributed by atoms with E-state index in [1.807, 2.05) is 25.1 Å². The van der Waals surface area contributed by atoms with Gasteiger partial charge in [0.1, 0.15) is 11.5 Å². The van der Waals surface area contributed by atoms with Gasteiger partial charge in [0, 0.05) is 42.0 Å². The Bertz CT molecular complexity index is 1400. The lowest BCUT2D eigenvalue weighted by Crippen LogP contribution is -2.31. The first-order valence-corrected chi connectivity index (χ1v) is 12.2. The van der Waals surface area contributed by atoms with E-state index in [-0.39, 0.29) is 5.82 Å². The molecule has 0 radical (unpaired) electrons. The molecule has 0 spiro atoms. The predicted molar refractivity (Wildman–Crippen MR) is 142 cm³/mol. The summed E-state index contributed by atoms with van der Waals surface area (Å²) in [5.74, 6) is 0.0845. The van der Waals surface area contributed by atoms with Gasteiger partial charge in [-0.25, -0.2) is 13.9 Å². The number of nitrogens with two attached hydrogens (primary N) is 1. The van der Waals surface area contributed by atoms with E-state index in [2.05, 4.69) is 48.3 Å². The first kappa shape index (κ1) is 23.6. The summed E-state index contributed by atoms with van der Waals surface area (Å²) in [6.07, 6.45) is 0.760. The molecule has 4 aromatic rings. The van der Waals surface area contributed by atoms with Crippen LogP contribution in [0.5, 0.6) is 0 Å². The van der Waals surface area contributed by atoms with Crippen molar-refractivity contribution >= 4 is 17.4 Å². The number of fused-ring (bicyclic) bond motifs is 1. The smallest absolute Gasteiger partial charge is 0.316 e. The summed E-state index contributed by atoms with van der Waals surface area (Å²) in [4.78, 5) is 13.7. The molecular weight excluding hydrogens is 453 g/mol. The van der Waals surface area contributed by atoms with Crippen LogP contribution >= 0.6 is 0 Å². The van der Waals surface area contributed by atoms with Crippen LogP contribution in [-0.4, -0.2) is 22.4 Å². The topological polar surface area (TPSA) is 76.2 Å². The number of halogens is 1. The van der Waals surface area contributed by atoms with E-state index in [0.29, 0.717) is 23.8 Å². The monoisotopic (exact) mass is 483 g/mol. The zero-order valence-electron chi connectivity index (χ0n) is 20.8. The minimum Gasteiger partial charge on any atom is -0.366 e. The van der Waals surface area contributed by atoms with Gasteiger partial charge in [0.2, 0.25) is 0 Å². The Kier molecular flexibility index (Phi) is 6.22. The van der Waals surface area contributed by atoms with E-state index in [4.69, 9.17) is 10.8 Å². The van der Waals surface area contributed by atoms with Crippen LogP contribution in [0, 0.1) is 12.7 Å². The van der Waals surface area contributed by atoms with Gasteiger partial charge in [-0.15, -0.1) is 0 Å². The average Bonchev–Trinajstić information content (AvgIpc) is 3.22. The molecule has 2 heterocycles. The number of urea groups is 1. The van der Waals surface area contributed by atoms with Crippen molar-refractivity contribution in [3.63, 3.8) is 0 Å². The molecule has 0 saturated carbocycles. The summed E-state index contributed by atoms with van der Waals surface area (Å²) in [6, 6.07) is 20.4. The second-order valence-electron chi connectivity index (χ2n) is 9.54. The number of rotatable bonds is 5. The molecule has 2 amide bonds. The second kappa shape index (κ2) is 9.49. The Hall–Kier alpha value is -4.13. The van der Waals surface area contributed by atoms with Crippen LogP contribution in [0.2, 0.25) is 0 Å². The zero-order valence-corrected chi connectivity index (χ0v) is 20.8. The second-order valence-corrected chi connectivity index (χ2v) is 9.54. The van der Waals surface area contributed by atoms with Gasteiger partial charge in [-0.2, -0.15) is 5.10 Å². The zero-order chi connectivity index (χ0) is 25.4. The SMILES string of the molecule is Cc1cccc(F)c1-n1nc2c(c1-c1ccc(NC(N)=O)cc1)CN(c1ccccc1C(C)C)CC2. The van der Waals surface area contributed by atoms with Crippen LogP contribution in [0.4, 0.5) is 20.6 Å². The minimum atomic E-state index is -0.619. The van der Waals surface area contributed by atoms with Crippen molar-refractivity contribution in [3.8, 4) is 16.9 Å². The van der Waals surface area contributed by atoms with E-state index in [1.54, 1.807) is 22.9 Å². The molecule has 1 aromatic heterocycles. The molecule has 3 N–H and O–H groups in total. The Morgan fingerprint density at radius 3 is 2.50 bits per heavy atom. The standard InChI is InChI=1S/C29H30FN5O/c1-18(2)22-8-4-5-10-26(22)34-16-15-25-23(17-34)28(20-11-13-21(14-12-20)32-29(31)36)35(33-25)27-19(3)7-6-9-24(27)30/h4-14,18H,15-17H2,1-3H3,(H3,31,32,36). The molecule has 5 rings (SSSR count). The number of hydrogen-bond acceptors (Lipinski definition) is 3. The third-order valence-electron chi connectivity index (χ3n) is 6.76. The fourth-order valence-electron chi connectivity index (χ4n) is 5.05. The first-order valence-electron chi connectivity index (χ1n) is 12.2. The van der Waals surface area contributed by atoms with Gasteiger partial charge in [0.25, 0.3) is 0 Å². The molecule has 6 nitrogen and oxygen atoms in total. The molecule has 3 aromatic carbocycles. The van der Waals surface area contributed by atoms with Crippen molar-refractivity contribution in [1.29, 1.82) is 0 Å². The summed E-state index contributed by atoms with van der Waals surface area (Å²) in [6.45, 7) is 7.82. The van der Waals surface area contributed by atoms with Gasteiger partial charge in [-0.1, -0.05) is 56.3 Å². The highest BCUT2D eigenvalue weighted by atomic mass is 19.1. The molecule has 36 heavy (non-hydrogen) atoms. The molecule has 184 valence electrons. The van der Waals surface area contributed by atoms with E-state index in [1.165, 1.54) is 17.3 Å². The fourth-order valence-corrected chi connectivity index (χ4v) is 5.05. The highest BCUT2D eigenvalue weighted by Gasteiger charge is 2.28. The number of nitrogens with one attached hydrogen (secondary N) is 1. The number of carbonyl (C=O) groups excluding carboxylic acids is 1. The fraction of sp³-hybridized carbons (Fsp3) is 0.241. The number of aryl methyl sites for hydroxylation is 1. The Balaban J connectivity index is 1.65. The van der Waals surface area contributed by atoms with E-state index >= 15 is 4.39 Å². The van der Waals surface area contributed by atoms with Crippen LogP contribution < -0.4 is 16.0 Å². The number of primary amides is 1. The van der Waals surface area contributed by atoms with Gasteiger partial charge in [-0.3, -0.25) is 0 Å². The molecule has 0 atom stereocenters. The Labute approximate surface area is 210 Å². The van der Waals surface area contributed by atoms with Crippen LogP contribution in [0.3, 0.4) is 0 Å². The van der Waals surface area contributed by atoms with Crippen molar-refractivity contribution in [2.45, 2.75) is 39.7 Å². The van der Waals surface area contributed by atoms with E-state index < -0.39 is 6.03 Å². The van der Waals surface area contributed by atoms with Gasteiger partial charge >= 0.3 is 6.03 Å². The van der Waals surface area contributed by atoms with Crippen molar-refractivity contribution < 1.29 is 9.18 Å². The van der Waals surface area contributed by atoms with Crippen molar-refractivity contribution in [2.24, 2.45) is 5.73 Å². The van der Waals surface area contributed by atoms with Crippen LogP contribution in [-0.2, 0) is 13.0 Å². The Morgan fingerprint density at radius 1 is 1.06 bits per heavy atom. The largest absolute Gasteiger partial charge is 0.366 e. The van der Waals surface area contributed by atoms with E-state index in [9.17, 15) is 4.79 Å². The molecule has 1 aliphatic heterocycles. The van der Waals surface area contributed by atoms with Crippen LogP contribution in [0.15, 0.2) is 66.7 Å². The molecule has 0 unspecified atom stereocenters. The number of nitrogens with zero attached hydrogens (tertiary/aromatic N) is 3. The molecule has 0 fully saturated rings. The van der Waals surface area contributed by atoms with Gasteiger partial charge in [0.05, 0.1) is 11.4 Å². The maximum Gasteiger partial charge on any atom is 0.316 e. The number of hydrogen-bond donors (Lipinski definition) is 2. The molecule has 0 bridgehead atoms. The lowest BCUT2D eigenvalue weighted by Gasteiger charge is -2.31. The quantitative estimate of drug-likeness (QED) is 0.357. The van der Waals surface area contributed by atoms with Crippen molar-refractivity contribution in [3.05, 3.63) is 94.9 Å². The van der Waals surface area contributed by atoms with Crippen molar-refractivity contribution in [2.75, 3.05) is 16.8 Å². The Morgan fingerprint density at radius 2 is 1.81 bits per heavy atom. The lowest BCUT2D eigenvalue weighted by atomic mass is 9.96. The summed E-state index contributed by atoms with van der Waals surface area (Å²) >= 11 is 0. The predicted octanol–water partition coefficient (Wildman–Crippen LogP) is 6.16. The normalized spacial score (nSPS) is 13.1. The summed E-state index contributed by atoms with van der Waals surface area (Å²) < 4.78 is 16.9. The number of aromatic nitrogens is 2. The minimum absolute atomic E-state index is 0.315. The summed E-state index contributed by atoms with van der Waals surface area (Å²) in [7, 11) is 0. The first-order chi connectivity index (χ1) is 17.3. The van der Waals surface area contributed by atoms with Gasteiger partial charge in [-0.05, 0) is 48.2 Å². The molecule has 7 heteroatoms. The number of amides is 2. The van der Waals surface area contributed by atoms with Crippen molar-refractivity contribution in [1.82, 2.24) is 9.78 Å². The van der Waals surface area contributed by atoms with Crippen LogP contribution in [0.1, 0.15) is 42.1 Å². The summed E-state index contributed by atoms with van der Waals surface area (Å²) in [5.41, 5.74) is 13.5. The molecular formula is C29H30FN5O. The highest BCUT2D eigenvalue weighted by Crippen LogP contribution is 2.37. The molecule has 0 saturated heterocycles. The number of benzene rings is 3. The maximum absolute atomic E-state index is 15.2. The third kappa shape index (κ3) is 4.33. The number of anilines is 2. The maximum atomic E-state index is 15.2. The lowest BCUT2D eigenvalue weighted by molar-refractivity contribution is 0.259.